The lowest BCUT2D eigenvalue weighted by Gasteiger charge is -2.37. The van der Waals surface area contributed by atoms with Gasteiger partial charge in [-0.1, -0.05) is 15.9 Å². The first-order chi connectivity index (χ1) is 6.23. The standard InChI is InChI=1S/C11H11BrO/c12-11-2-5-3-1-4-6(5)9(11)10(13)7(4)8(3)11/h3-9H,1-2H2. The number of alkyl halides is 1. The first-order valence-electron chi connectivity index (χ1n) is 5.46. The second-order valence-corrected chi connectivity index (χ2v) is 7.34. The highest BCUT2D eigenvalue weighted by Crippen LogP contribution is 2.84. The van der Waals surface area contributed by atoms with Gasteiger partial charge >= 0.3 is 0 Å². The quantitative estimate of drug-likeness (QED) is 0.589. The molecular weight excluding hydrogens is 228 g/mol. The maximum atomic E-state index is 12.1. The molecule has 0 radical (unpaired) electrons. The van der Waals surface area contributed by atoms with Crippen LogP contribution in [0.25, 0.3) is 0 Å². The molecule has 6 saturated carbocycles. The topological polar surface area (TPSA) is 17.1 Å². The smallest absolute Gasteiger partial charge is 0.141 e. The Bertz CT molecular complexity index is 365. The van der Waals surface area contributed by atoms with Crippen LogP contribution in [0.2, 0.25) is 0 Å². The Balaban J connectivity index is 1.94. The summed E-state index contributed by atoms with van der Waals surface area (Å²) in [4.78, 5) is 12.1. The fraction of sp³-hybridized carbons (Fsp3) is 0.909. The number of Topliss-reactive ketones (excluding diaryl/α,β-unsaturated/α-hetero) is 1. The normalized spacial score (nSPS) is 79.8. The summed E-state index contributed by atoms with van der Waals surface area (Å²) in [7, 11) is 0. The van der Waals surface area contributed by atoms with Crippen LogP contribution in [0.15, 0.2) is 0 Å². The molecule has 0 saturated heterocycles. The Morgan fingerprint density at radius 1 is 1.31 bits per heavy atom. The lowest BCUT2D eigenvalue weighted by molar-refractivity contribution is -0.122. The zero-order chi connectivity index (χ0) is 8.53. The van der Waals surface area contributed by atoms with Crippen molar-refractivity contribution in [1.29, 1.82) is 0 Å². The molecule has 6 aliphatic rings. The summed E-state index contributed by atoms with van der Waals surface area (Å²) in [6, 6.07) is 0. The maximum Gasteiger partial charge on any atom is 0.141 e. The van der Waals surface area contributed by atoms with Crippen molar-refractivity contribution >= 4 is 21.7 Å². The average Bonchev–Trinajstić information content (AvgIpc) is 2.70. The molecule has 0 N–H and O–H groups in total. The van der Waals surface area contributed by atoms with Crippen molar-refractivity contribution in [3.8, 4) is 0 Å². The van der Waals surface area contributed by atoms with Crippen molar-refractivity contribution in [3.05, 3.63) is 0 Å². The van der Waals surface area contributed by atoms with Crippen LogP contribution in [-0.2, 0) is 4.79 Å². The second-order valence-electron chi connectivity index (χ2n) is 5.87. The third-order valence-corrected chi connectivity index (χ3v) is 7.38. The molecule has 8 unspecified atom stereocenters. The van der Waals surface area contributed by atoms with E-state index in [1.165, 1.54) is 12.8 Å². The third-order valence-electron chi connectivity index (χ3n) is 6.03. The van der Waals surface area contributed by atoms with Crippen LogP contribution in [0, 0.1) is 41.4 Å². The molecule has 1 nitrogen and oxygen atoms in total. The largest absolute Gasteiger partial charge is 0.299 e. The van der Waals surface area contributed by atoms with Gasteiger partial charge in [0.25, 0.3) is 0 Å². The highest BCUT2D eigenvalue weighted by molar-refractivity contribution is 9.10. The van der Waals surface area contributed by atoms with Gasteiger partial charge < -0.3 is 0 Å². The summed E-state index contributed by atoms with van der Waals surface area (Å²) in [6.07, 6.45) is 2.73. The highest BCUT2D eigenvalue weighted by atomic mass is 79.9. The summed E-state index contributed by atoms with van der Waals surface area (Å²) in [6.45, 7) is 0. The number of ketones is 1. The maximum absolute atomic E-state index is 12.1. The molecular formula is C11H11BrO. The molecule has 0 heterocycles. The van der Waals surface area contributed by atoms with Gasteiger partial charge in [0, 0.05) is 16.2 Å². The van der Waals surface area contributed by atoms with Crippen LogP contribution in [-0.4, -0.2) is 10.1 Å². The van der Waals surface area contributed by atoms with E-state index in [1.807, 2.05) is 0 Å². The third kappa shape index (κ3) is 0.383. The monoisotopic (exact) mass is 238 g/mol. The molecule has 68 valence electrons. The van der Waals surface area contributed by atoms with Gasteiger partial charge in [0.15, 0.2) is 0 Å². The molecule has 0 aliphatic heterocycles. The molecule has 6 rings (SSSR count). The number of hydrogen-bond donors (Lipinski definition) is 0. The molecule has 13 heavy (non-hydrogen) atoms. The van der Waals surface area contributed by atoms with Gasteiger partial charge in [0.1, 0.15) is 5.78 Å². The molecule has 0 aromatic rings. The minimum Gasteiger partial charge on any atom is -0.299 e. The number of carbonyl (C=O) groups is 1. The SMILES string of the molecule is O=C1C2C3CC4C5CC(Br)(C1C53)C42. The summed E-state index contributed by atoms with van der Waals surface area (Å²) in [5.74, 6) is 5.94. The summed E-state index contributed by atoms with van der Waals surface area (Å²) in [5, 5.41) is 0. The predicted octanol–water partition coefficient (Wildman–Crippen LogP) is 1.85. The van der Waals surface area contributed by atoms with Gasteiger partial charge in [-0.2, -0.15) is 0 Å². The van der Waals surface area contributed by atoms with E-state index in [0.29, 0.717) is 21.9 Å². The van der Waals surface area contributed by atoms with Gasteiger partial charge in [0.05, 0.1) is 0 Å². The summed E-state index contributed by atoms with van der Waals surface area (Å²) < 4.78 is 0.307. The Morgan fingerprint density at radius 3 is 2.92 bits per heavy atom. The molecule has 6 fully saturated rings. The molecule has 2 heteroatoms. The second kappa shape index (κ2) is 1.46. The van der Waals surface area contributed by atoms with Crippen LogP contribution in [0.1, 0.15) is 12.8 Å². The molecule has 0 spiro atoms. The van der Waals surface area contributed by atoms with Gasteiger partial charge in [0.2, 0.25) is 0 Å². The Kier molecular flexibility index (Phi) is 0.742. The fourth-order valence-electron chi connectivity index (χ4n) is 6.19. The van der Waals surface area contributed by atoms with E-state index < -0.39 is 0 Å². The minimum absolute atomic E-state index is 0.307. The first kappa shape index (κ1) is 6.60. The van der Waals surface area contributed by atoms with Crippen molar-refractivity contribution in [2.45, 2.75) is 17.2 Å². The number of hydrogen-bond acceptors (Lipinski definition) is 1. The molecule has 6 bridgehead atoms. The van der Waals surface area contributed by atoms with Crippen molar-refractivity contribution < 1.29 is 4.79 Å². The zero-order valence-corrected chi connectivity index (χ0v) is 8.83. The molecule has 6 aliphatic carbocycles. The Morgan fingerprint density at radius 2 is 2.15 bits per heavy atom. The molecule has 0 aromatic carbocycles. The highest BCUT2D eigenvalue weighted by Gasteiger charge is 2.85. The molecule has 0 amide bonds. The van der Waals surface area contributed by atoms with Crippen molar-refractivity contribution in [2.75, 3.05) is 0 Å². The van der Waals surface area contributed by atoms with Crippen LogP contribution in [0.3, 0.4) is 0 Å². The van der Waals surface area contributed by atoms with E-state index >= 15 is 0 Å². The van der Waals surface area contributed by atoms with E-state index in [1.54, 1.807) is 0 Å². The van der Waals surface area contributed by atoms with Crippen molar-refractivity contribution in [3.63, 3.8) is 0 Å². The van der Waals surface area contributed by atoms with E-state index in [2.05, 4.69) is 15.9 Å². The number of halogens is 1. The van der Waals surface area contributed by atoms with E-state index in [4.69, 9.17) is 0 Å². The minimum atomic E-state index is 0.307. The van der Waals surface area contributed by atoms with Gasteiger partial charge in [-0.3, -0.25) is 4.79 Å². The average molecular weight is 239 g/mol. The van der Waals surface area contributed by atoms with Gasteiger partial charge in [-0.15, -0.1) is 0 Å². The van der Waals surface area contributed by atoms with Crippen LogP contribution >= 0.6 is 15.9 Å². The number of carbonyl (C=O) groups excluding carboxylic acids is 1. The van der Waals surface area contributed by atoms with Crippen LogP contribution < -0.4 is 0 Å². The van der Waals surface area contributed by atoms with E-state index in [0.717, 1.165) is 29.6 Å². The zero-order valence-electron chi connectivity index (χ0n) is 7.24. The fourth-order valence-corrected chi connectivity index (χ4v) is 7.72. The molecule has 0 aromatic heterocycles. The summed E-state index contributed by atoms with van der Waals surface area (Å²) >= 11 is 3.94. The van der Waals surface area contributed by atoms with E-state index in [9.17, 15) is 4.79 Å². The predicted molar refractivity (Wildman–Crippen MR) is 50.3 cm³/mol. The summed E-state index contributed by atoms with van der Waals surface area (Å²) in [5.41, 5.74) is 0. The van der Waals surface area contributed by atoms with Gasteiger partial charge in [-0.25, -0.2) is 0 Å². The Hall–Kier alpha value is 0.150. The molecule has 8 atom stereocenters. The lowest BCUT2D eigenvalue weighted by Crippen LogP contribution is -2.39. The van der Waals surface area contributed by atoms with Gasteiger partial charge in [-0.05, 0) is 42.4 Å². The first-order valence-corrected chi connectivity index (χ1v) is 6.25. The number of rotatable bonds is 0. The Labute approximate surface area is 85.4 Å². The van der Waals surface area contributed by atoms with Crippen molar-refractivity contribution in [1.82, 2.24) is 0 Å². The lowest BCUT2D eigenvalue weighted by atomic mass is 9.71. The van der Waals surface area contributed by atoms with Crippen LogP contribution in [0.4, 0.5) is 0 Å². The van der Waals surface area contributed by atoms with E-state index in [-0.39, 0.29) is 0 Å². The van der Waals surface area contributed by atoms with Crippen LogP contribution in [0.5, 0.6) is 0 Å². The van der Waals surface area contributed by atoms with Crippen molar-refractivity contribution in [2.24, 2.45) is 41.4 Å².